The highest BCUT2D eigenvalue weighted by atomic mass is 32.1. The molecule has 4 nitrogen and oxygen atoms in total. The highest BCUT2D eigenvalue weighted by Gasteiger charge is 2.44. The van der Waals surface area contributed by atoms with Crippen LogP contribution < -0.4 is 0 Å². The van der Waals surface area contributed by atoms with Crippen molar-refractivity contribution in [3.8, 4) is 0 Å². The summed E-state index contributed by atoms with van der Waals surface area (Å²) in [5.74, 6) is 0.357. The van der Waals surface area contributed by atoms with Crippen LogP contribution in [0.1, 0.15) is 49.7 Å². The molecule has 2 aliphatic heterocycles. The van der Waals surface area contributed by atoms with Gasteiger partial charge in [0.05, 0.1) is 16.2 Å². The number of thiazole rings is 1. The molecule has 3 heterocycles. The van der Waals surface area contributed by atoms with Crippen LogP contribution in [0.4, 0.5) is 0 Å². The first-order valence-electron chi connectivity index (χ1n) is 8.07. The Hall–Kier alpha value is -0.940. The van der Waals surface area contributed by atoms with Crippen LogP contribution in [0.2, 0.25) is 0 Å². The van der Waals surface area contributed by atoms with E-state index in [4.69, 9.17) is 0 Å². The van der Waals surface area contributed by atoms with Gasteiger partial charge in [-0.2, -0.15) is 0 Å². The van der Waals surface area contributed by atoms with Gasteiger partial charge in [0.25, 0.3) is 0 Å². The van der Waals surface area contributed by atoms with Crippen LogP contribution in [0.25, 0.3) is 0 Å². The number of carbonyl (C=O) groups is 1. The zero-order chi connectivity index (χ0) is 14.9. The molecule has 21 heavy (non-hydrogen) atoms. The Kier molecular flexibility index (Phi) is 4.31. The third-order valence-corrected chi connectivity index (χ3v) is 5.73. The summed E-state index contributed by atoms with van der Waals surface area (Å²) in [4.78, 5) is 21.5. The minimum absolute atomic E-state index is 0.0907. The fourth-order valence-electron chi connectivity index (χ4n) is 4.09. The summed E-state index contributed by atoms with van der Waals surface area (Å²) in [6.45, 7) is 8.10. The number of nitrogens with zero attached hydrogens (tertiary/aromatic N) is 3. The number of rotatable bonds is 3. The first kappa shape index (κ1) is 15.0. The first-order valence-corrected chi connectivity index (χ1v) is 8.95. The molecule has 1 aromatic heterocycles. The number of carbonyl (C=O) groups excluding carboxylic acids is 1. The predicted octanol–water partition coefficient (Wildman–Crippen LogP) is 2.82. The van der Waals surface area contributed by atoms with Crippen molar-refractivity contribution in [2.75, 3.05) is 19.6 Å². The van der Waals surface area contributed by atoms with Gasteiger partial charge in [0.2, 0.25) is 5.91 Å². The van der Waals surface area contributed by atoms with Crippen LogP contribution >= 0.6 is 11.3 Å². The van der Waals surface area contributed by atoms with Gasteiger partial charge in [0.1, 0.15) is 0 Å². The van der Waals surface area contributed by atoms with Crippen LogP contribution in [-0.2, 0) is 11.3 Å². The number of hydrogen-bond acceptors (Lipinski definition) is 4. The van der Waals surface area contributed by atoms with Crippen LogP contribution in [-0.4, -0.2) is 45.9 Å². The Morgan fingerprint density at radius 3 is 2.90 bits per heavy atom. The van der Waals surface area contributed by atoms with E-state index in [0.29, 0.717) is 5.91 Å². The summed E-state index contributed by atoms with van der Waals surface area (Å²) in [7, 11) is 0. The molecule has 1 spiro atoms. The third kappa shape index (κ3) is 2.99. The number of likely N-dealkylation sites (N-methyl/N-ethyl adjacent to an activating group) is 1. The Bertz CT molecular complexity index is 511. The van der Waals surface area contributed by atoms with Crippen LogP contribution in [0.3, 0.4) is 0 Å². The monoisotopic (exact) mass is 307 g/mol. The second kappa shape index (κ2) is 6.05. The summed E-state index contributed by atoms with van der Waals surface area (Å²) >= 11 is 1.72. The molecule has 1 aromatic rings. The fraction of sp³-hybridized carbons (Fsp3) is 0.750. The average Bonchev–Trinajstić information content (AvgIpc) is 2.84. The lowest BCUT2D eigenvalue weighted by Crippen LogP contribution is -2.62. The Morgan fingerprint density at radius 1 is 1.38 bits per heavy atom. The normalized spacial score (nSPS) is 27.5. The van der Waals surface area contributed by atoms with Gasteiger partial charge < -0.3 is 4.90 Å². The molecule has 116 valence electrons. The quantitative estimate of drug-likeness (QED) is 0.861. The summed E-state index contributed by atoms with van der Waals surface area (Å²) in [6.07, 6.45) is 5.31. The number of aryl methyl sites for hydroxylation is 1. The summed E-state index contributed by atoms with van der Waals surface area (Å²) < 4.78 is 0. The molecule has 0 aliphatic carbocycles. The molecule has 2 fully saturated rings. The van der Waals surface area contributed by atoms with E-state index in [1.54, 1.807) is 11.3 Å². The van der Waals surface area contributed by atoms with Gasteiger partial charge in [0.15, 0.2) is 0 Å². The van der Waals surface area contributed by atoms with Gasteiger partial charge in [-0.3, -0.25) is 9.69 Å². The molecular formula is C16H25N3OS. The molecular weight excluding hydrogens is 282 g/mol. The van der Waals surface area contributed by atoms with Gasteiger partial charge in [-0.1, -0.05) is 0 Å². The maximum Gasteiger partial charge on any atom is 0.223 e. The van der Waals surface area contributed by atoms with Gasteiger partial charge in [-0.15, -0.1) is 11.3 Å². The van der Waals surface area contributed by atoms with Crippen molar-refractivity contribution in [3.63, 3.8) is 0 Å². The van der Waals surface area contributed by atoms with Crippen molar-refractivity contribution < 1.29 is 4.79 Å². The molecule has 0 aromatic carbocycles. The summed E-state index contributed by atoms with van der Waals surface area (Å²) in [6, 6.07) is 0. The van der Waals surface area contributed by atoms with E-state index >= 15 is 0 Å². The molecule has 0 bridgehead atoms. The second-order valence-corrected chi connectivity index (χ2v) is 7.45. The maximum absolute atomic E-state index is 12.3. The van der Waals surface area contributed by atoms with E-state index in [-0.39, 0.29) is 5.54 Å². The Morgan fingerprint density at radius 2 is 2.19 bits per heavy atom. The van der Waals surface area contributed by atoms with Crippen LogP contribution in [0.15, 0.2) is 5.38 Å². The average molecular weight is 307 g/mol. The van der Waals surface area contributed by atoms with Gasteiger partial charge in [0, 0.05) is 31.4 Å². The molecule has 3 rings (SSSR count). The van der Waals surface area contributed by atoms with Crippen molar-refractivity contribution >= 4 is 17.2 Å². The molecule has 1 unspecified atom stereocenters. The van der Waals surface area contributed by atoms with Gasteiger partial charge >= 0.3 is 0 Å². The first-order chi connectivity index (χ1) is 10.1. The van der Waals surface area contributed by atoms with Crippen LogP contribution in [0.5, 0.6) is 0 Å². The van der Waals surface area contributed by atoms with Crippen molar-refractivity contribution in [2.45, 2.75) is 58.0 Å². The summed E-state index contributed by atoms with van der Waals surface area (Å²) in [5, 5.41) is 3.31. The molecule has 2 aliphatic rings. The highest BCUT2D eigenvalue weighted by molar-refractivity contribution is 7.09. The zero-order valence-corrected chi connectivity index (χ0v) is 13.9. The largest absolute Gasteiger partial charge is 0.336 e. The molecule has 5 heteroatoms. The number of piperidine rings is 2. The number of likely N-dealkylation sites (tertiary alicyclic amines) is 2. The number of hydrogen-bond donors (Lipinski definition) is 0. The minimum atomic E-state index is 0.0907. The SMILES string of the molecule is CCN1C(=O)CCCC12CCCN(Cc1csc(C)n1)C2. The Balaban J connectivity index is 1.73. The van der Waals surface area contributed by atoms with Gasteiger partial charge in [-0.25, -0.2) is 4.98 Å². The highest BCUT2D eigenvalue weighted by Crippen LogP contribution is 2.36. The predicted molar refractivity (Wildman–Crippen MR) is 85.3 cm³/mol. The van der Waals surface area contributed by atoms with E-state index < -0.39 is 0 Å². The van der Waals surface area contributed by atoms with E-state index in [2.05, 4.69) is 34.0 Å². The van der Waals surface area contributed by atoms with Crippen molar-refractivity contribution in [3.05, 3.63) is 16.1 Å². The maximum atomic E-state index is 12.3. The van der Waals surface area contributed by atoms with Crippen LogP contribution in [0, 0.1) is 6.92 Å². The zero-order valence-electron chi connectivity index (χ0n) is 13.1. The Labute approximate surface area is 131 Å². The minimum Gasteiger partial charge on any atom is -0.336 e. The van der Waals surface area contributed by atoms with E-state index in [1.165, 1.54) is 25.0 Å². The standard InChI is InChI=1S/C16H25N3OS/c1-3-19-15(20)6-4-7-16(19)8-5-9-18(12-16)10-14-11-21-13(2)17-14/h11H,3-10,12H2,1-2H3. The smallest absolute Gasteiger partial charge is 0.223 e. The van der Waals surface area contributed by atoms with Crippen molar-refractivity contribution in [2.24, 2.45) is 0 Å². The van der Waals surface area contributed by atoms with E-state index in [9.17, 15) is 4.79 Å². The second-order valence-electron chi connectivity index (χ2n) is 6.39. The topological polar surface area (TPSA) is 36.4 Å². The lowest BCUT2D eigenvalue weighted by Gasteiger charge is -2.52. The molecule has 0 radical (unpaired) electrons. The van der Waals surface area contributed by atoms with Gasteiger partial charge in [-0.05, 0) is 46.1 Å². The molecule has 0 saturated carbocycles. The van der Waals surface area contributed by atoms with Crippen molar-refractivity contribution in [1.29, 1.82) is 0 Å². The van der Waals surface area contributed by atoms with E-state index in [1.807, 2.05) is 0 Å². The lowest BCUT2D eigenvalue weighted by molar-refractivity contribution is -0.145. The van der Waals surface area contributed by atoms with E-state index in [0.717, 1.165) is 44.0 Å². The number of aromatic nitrogens is 1. The number of amides is 1. The fourth-order valence-corrected chi connectivity index (χ4v) is 4.69. The van der Waals surface area contributed by atoms with Crippen molar-refractivity contribution in [1.82, 2.24) is 14.8 Å². The molecule has 0 N–H and O–H groups in total. The molecule has 2 saturated heterocycles. The molecule has 1 atom stereocenters. The summed E-state index contributed by atoms with van der Waals surface area (Å²) in [5.41, 5.74) is 1.27. The third-order valence-electron chi connectivity index (χ3n) is 4.91. The lowest BCUT2D eigenvalue weighted by atomic mass is 9.79. The molecule has 1 amide bonds.